The fraction of sp³-hybridized carbons (Fsp3) is 0.241. The number of pyridine rings is 1. The van der Waals surface area contributed by atoms with Crippen molar-refractivity contribution in [2.45, 2.75) is 24.9 Å². The van der Waals surface area contributed by atoms with E-state index >= 15 is 0 Å². The van der Waals surface area contributed by atoms with Gasteiger partial charge < -0.3 is 9.64 Å². The summed E-state index contributed by atoms with van der Waals surface area (Å²) in [5, 5.41) is 0.738. The highest BCUT2D eigenvalue weighted by Crippen LogP contribution is 2.40. The smallest absolute Gasteiger partial charge is 0.416 e. The van der Waals surface area contributed by atoms with E-state index in [2.05, 4.69) is 4.98 Å². The molecule has 8 heteroatoms. The van der Waals surface area contributed by atoms with Crippen LogP contribution in [0.5, 0.6) is 5.75 Å². The van der Waals surface area contributed by atoms with Crippen LogP contribution in [0, 0.1) is 0 Å². The van der Waals surface area contributed by atoms with E-state index in [9.17, 15) is 18.0 Å². The second kappa shape index (κ2) is 9.71. The monoisotopic (exact) mass is 524 g/mol. The highest BCUT2D eigenvalue weighted by molar-refractivity contribution is 6.31. The van der Waals surface area contributed by atoms with Gasteiger partial charge in [0.2, 0.25) is 0 Å². The number of hydrogen-bond acceptors (Lipinski definition) is 4. The van der Waals surface area contributed by atoms with Gasteiger partial charge in [-0.25, -0.2) is 0 Å². The van der Waals surface area contributed by atoms with Crippen molar-refractivity contribution in [3.05, 3.63) is 88.6 Å². The summed E-state index contributed by atoms with van der Waals surface area (Å²) < 4.78 is 46.1. The predicted molar refractivity (Wildman–Crippen MR) is 140 cm³/mol. The van der Waals surface area contributed by atoms with Crippen LogP contribution in [0.1, 0.15) is 29.0 Å². The Bertz CT molecular complexity index is 1500. The molecule has 1 aliphatic rings. The third-order valence-electron chi connectivity index (χ3n) is 6.64. The van der Waals surface area contributed by atoms with Gasteiger partial charge >= 0.3 is 6.18 Å². The van der Waals surface area contributed by atoms with Gasteiger partial charge in [-0.1, -0.05) is 48.0 Å². The lowest BCUT2D eigenvalue weighted by Gasteiger charge is -2.26. The third-order valence-corrected chi connectivity index (χ3v) is 6.86. The normalized spacial score (nSPS) is 15.2. The molecule has 3 aromatic carbocycles. The molecule has 0 aliphatic carbocycles. The number of Topliss-reactive ketones (excluding diaryl/α,β-unsaturated/α-hetero) is 1. The average Bonchev–Trinajstić information content (AvgIpc) is 2.86. The van der Waals surface area contributed by atoms with Crippen LogP contribution in [0.4, 0.5) is 18.9 Å². The van der Waals surface area contributed by atoms with E-state index in [1.165, 1.54) is 6.07 Å². The number of carbonyl (C=O) groups is 1. The lowest BCUT2D eigenvalue weighted by atomic mass is 9.86. The van der Waals surface area contributed by atoms with Gasteiger partial charge in [-0.15, -0.1) is 0 Å². The lowest BCUT2D eigenvalue weighted by molar-refractivity contribution is -0.137. The zero-order valence-corrected chi connectivity index (χ0v) is 21.0. The molecule has 4 aromatic rings. The molecular weight excluding hydrogens is 501 g/mol. The molecule has 0 saturated heterocycles. The van der Waals surface area contributed by atoms with E-state index < -0.39 is 11.7 Å². The Morgan fingerprint density at radius 2 is 1.89 bits per heavy atom. The van der Waals surface area contributed by atoms with Crippen LogP contribution in [0.25, 0.3) is 22.0 Å². The van der Waals surface area contributed by atoms with Gasteiger partial charge in [-0.2, -0.15) is 13.2 Å². The molecule has 1 aromatic heterocycles. The van der Waals surface area contributed by atoms with Crippen LogP contribution in [0.15, 0.2) is 66.9 Å². The Labute approximate surface area is 217 Å². The number of fused-ring (bicyclic) bond motifs is 2. The SMILES string of the molecule is CN(C)c1c(CC(=O)[C@@H]2CCOc3ccccc32)cnc2c(-c3cc(Cl)cc(C(F)(F)F)c3)cccc12. The molecule has 190 valence electrons. The molecule has 4 nitrogen and oxygen atoms in total. The summed E-state index contributed by atoms with van der Waals surface area (Å²) in [5.74, 6) is 0.538. The van der Waals surface area contributed by atoms with E-state index in [0.717, 1.165) is 40.1 Å². The minimum Gasteiger partial charge on any atom is -0.493 e. The Morgan fingerprint density at radius 1 is 1.11 bits per heavy atom. The zero-order chi connectivity index (χ0) is 26.3. The highest BCUT2D eigenvalue weighted by atomic mass is 35.5. The zero-order valence-electron chi connectivity index (χ0n) is 20.3. The number of alkyl halides is 3. The van der Waals surface area contributed by atoms with E-state index in [4.69, 9.17) is 16.3 Å². The first kappa shape index (κ1) is 25.1. The van der Waals surface area contributed by atoms with Crippen molar-refractivity contribution < 1.29 is 22.7 Å². The van der Waals surface area contributed by atoms with Crippen LogP contribution in [-0.4, -0.2) is 31.5 Å². The number of aromatic nitrogens is 1. The minimum atomic E-state index is -4.53. The minimum absolute atomic E-state index is 0.00591. The molecule has 1 atom stereocenters. The summed E-state index contributed by atoms with van der Waals surface area (Å²) in [5.41, 5.74) is 3.02. The molecule has 2 heterocycles. The number of anilines is 1. The van der Waals surface area contributed by atoms with Crippen LogP contribution < -0.4 is 9.64 Å². The molecule has 0 unspecified atom stereocenters. The fourth-order valence-corrected chi connectivity index (χ4v) is 5.27. The molecule has 0 fully saturated rings. The average molecular weight is 525 g/mol. The molecule has 1 aliphatic heterocycles. The van der Waals surface area contributed by atoms with E-state index in [-0.39, 0.29) is 23.1 Å². The molecule has 0 radical (unpaired) electrons. The van der Waals surface area contributed by atoms with Crippen LogP contribution in [0.3, 0.4) is 0 Å². The Balaban J connectivity index is 1.57. The van der Waals surface area contributed by atoms with Crippen molar-refractivity contribution in [1.29, 1.82) is 0 Å². The van der Waals surface area contributed by atoms with Crippen LogP contribution in [0.2, 0.25) is 5.02 Å². The Hall–Kier alpha value is -3.58. The largest absolute Gasteiger partial charge is 0.493 e. The summed E-state index contributed by atoms with van der Waals surface area (Å²) in [7, 11) is 3.75. The Kier molecular flexibility index (Phi) is 6.58. The van der Waals surface area contributed by atoms with Gasteiger partial charge in [0.15, 0.2) is 0 Å². The van der Waals surface area contributed by atoms with E-state index in [1.807, 2.05) is 49.3 Å². The first-order chi connectivity index (χ1) is 17.6. The second-order valence-corrected chi connectivity index (χ2v) is 9.76. The quantitative estimate of drug-likeness (QED) is 0.274. The lowest BCUT2D eigenvalue weighted by Crippen LogP contribution is -2.23. The third kappa shape index (κ3) is 4.88. The molecule has 37 heavy (non-hydrogen) atoms. The summed E-state index contributed by atoms with van der Waals surface area (Å²) in [6.45, 7) is 0.479. The maximum atomic E-state index is 13.5. The number of benzene rings is 3. The van der Waals surface area contributed by atoms with Crippen molar-refractivity contribution in [1.82, 2.24) is 4.98 Å². The van der Waals surface area contributed by atoms with Crippen molar-refractivity contribution in [2.75, 3.05) is 25.6 Å². The number of hydrogen-bond donors (Lipinski definition) is 0. The highest BCUT2D eigenvalue weighted by Gasteiger charge is 2.32. The number of carbonyl (C=O) groups excluding carboxylic acids is 1. The predicted octanol–water partition coefficient (Wildman–Crippen LogP) is 7.32. The van der Waals surface area contributed by atoms with Crippen LogP contribution in [-0.2, 0) is 17.4 Å². The number of rotatable bonds is 5. The summed E-state index contributed by atoms with van der Waals surface area (Å²) >= 11 is 6.06. The van der Waals surface area contributed by atoms with Crippen molar-refractivity contribution >= 4 is 34.0 Å². The molecular formula is C29H24ClF3N2O2. The van der Waals surface area contributed by atoms with Crippen LogP contribution >= 0.6 is 11.6 Å². The van der Waals surface area contributed by atoms with Gasteiger partial charge in [-0.3, -0.25) is 9.78 Å². The maximum absolute atomic E-state index is 13.5. The summed E-state index contributed by atoms with van der Waals surface area (Å²) in [4.78, 5) is 20.0. The number of ether oxygens (including phenoxy) is 1. The first-order valence-electron chi connectivity index (χ1n) is 11.8. The first-order valence-corrected chi connectivity index (χ1v) is 12.2. The standard InChI is InChI=1S/C29H24ClF3N2O2/c1-35(2)28-18(14-25(36)22-10-11-37-26-9-4-3-6-23(22)26)16-34-27-21(7-5-8-24(27)28)17-12-19(29(31,32)33)15-20(30)13-17/h3-9,12-13,15-16,22H,10-11,14H2,1-2H3/t22-/m1/s1. The van der Waals surface area contributed by atoms with Crippen molar-refractivity contribution in [3.8, 4) is 16.9 Å². The van der Waals surface area contributed by atoms with Gasteiger partial charge in [-0.05, 0) is 36.2 Å². The summed E-state index contributed by atoms with van der Waals surface area (Å²) in [6.07, 6.45) is -2.09. The molecule has 0 amide bonds. The van der Waals surface area contributed by atoms with Crippen molar-refractivity contribution in [3.63, 3.8) is 0 Å². The second-order valence-electron chi connectivity index (χ2n) is 9.33. The van der Waals surface area contributed by atoms with E-state index in [0.29, 0.717) is 29.7 Å². The number of para-hydroxylation sites is 2. The van der Waals surface area contributed by atoms with Gasteiger partial charge in [0.25, 0.3) is 0 Å². The van der Waals surface area contributed by atoms with Gasteiger partial charge in [0, 0.05) is 59.7 Å². The molecule has 0 bridgehead atoms. The Morgan fingerprint density at radius 3 is 2.65 bits per heavy atom. The fourth-order valence-electron chi connectivity index (χ4n) is 5.04. The number of halogens is 4. The maximum Gasteiger partial charge on any atom is 0.416 e. The molecule has 0 N–H and O–H groups in total. The molecule has 0 spiro atoms. The summed E-state index contributed by atoms with van der Waals surface area (Å²) in [6, 6.07) is 16.5. The topological polar surface area (TPSA) is 42.4 Å². The molecule has 5 rings (SSSR count). The van der Waals surface area contributed by atoms with Gasteiger partial charge in [0.05, 0.1) is 23.4 Å². The van der Waals surface area contributed by atoms with Crippen molar-refractivity contribution in [2.24, 2.45) is 0 Å². The van der Waals surface area contributed by atoms with Gasteiger partial charge in [0.1, 0.15) is 11.5 Å². The molecule has 0 saturated carbocycles. The number of nitrogens with zero attached hydrogens (tertiary/aromatic N) is 2. The van der Waals surface area contributed by atoms with E-state index in [1.54, 1.807) is 18.3 Å². The number of ketones is 1.